The van der Waals surface area contributed by atoms with Crippen molar-refractivity contribution >= 4 is 39.9 Å². The van der Waals surface area contributed by atoms with Crippen molar-refractivity contribution < 1.29 is 33.7 Å². The number of thiazole rings is 1. The first-order valence-electron chi connectivity index (χ1n) is 11.5. The molecule has 1 atom stereocenters. The van der Waals surface area contributed by atoms with Crippen molar-refractivity contribution in [2.75, 3.05) is 25.7 Å². The topological polar surface area (TPSA) is 115 Å². The Morgan fingerprint density at radius 1 is 1.11 bits per heavy atom. The minimum Gasteiger partial charge on any atom is -0.507 e. The van der Waals surface area contributed by atoms with Gasteiger partial charge in [0.25, 0.3) is 5.78 Å². The minimum absolute atomic E-state index is 0.0915. The number of ketones is 1. The lowest BCUT2D eigenvalue weighted by atomic mass is 9.95. The summed E-state index contributed by atoms with van der Waals surface area (Å²) in [6.45, 7) is 5.77. The predicted molar refractivity (Wildman–Crippen MR) is 138 cm³/mol. The Balaban J connectivity index is 1.91. The number of carbonyl (C=O) groups is 3. The molecule has 0 aliphatic carbocycles. The second-order valence-electron chi connectivity index (χ2n) is 8.26. The van der Waals surface area contributed by atoms with E-state index in [2.05, 4.69) is 4.98 Å². The fourth-order valence-corrected chi connectivity index (χ4v) is 5.22. The maximum atomic E-state index is 13.4. The van der Waals surface area contributed by atoms with Gasteiger partial charge in [0.2, 0.25) is 0 Å². The lowest BCUT2D eigenvalue weighted by molar-refractivity contribution is -0.132. The van der Waals surface area contributed by atoms with Crippen molar-refractivity contribution in [1.82, 2.24) is 4.98 Å². The van der Waals surface area contributed by atoms with Crippen molar-refractivity contribution in [3.8, 4) is 11.5 Å². The molecule has 1 fully saturated rings. The SMILES string of the molecule is CCOc1ccc([C@@H]2C(=C(O)c3ccc(OC)c(C)c3)C(=O)C(=O)N2c2nc(C)c(C(=O)OC)s2)cc1. The Kier molecular flexibility index (Phi) is 7.30. The molecular formula is C27H26N2O7S. The van der Waals surface area contributed by atoms with E-state index in [1.807, 2.05) is 13.8 Å². The molecule has 9 nitrogen and oxygen atoms in total. The third kappa shape index (κ3) is 4.67. The van der Waals surface area contributed by atoms with E-state index >= 15 is 0 Å². The second kappa shape index (κ2) is 10.4. The Morgan fingerprint density at radius 2 is 1.81 bits per heavy atom. The van der Waals surface area contributed by atoms with Crippen LogP contribution >= 0.6 is 11.3 Å². The first kappa shape index (κ1) is 25.9. The molecule has 0 bridgehead atoms. The summed E-state index contributed by atoms with van der Waals surface area (Å²) in [5.41, 5.74) is 1.94. The minimum atomic E-state index is -0.992. The monoisotopic (exact) mass is 522 g/mol. The number of hydrogen-bond donors (Lipinski definition) is 1. The van der Waals surface area contributed by atoms with Gasteiger partial charge in [-0.2, -0.15) is 0 Å². The van der Waals surface area contributed by atoms with Crippen molar-refractivity contribution in [1.29, 1.82) is 0 Å². The molecule has 1 aliphatic heterocycles. The molecule has 3 aromatic rings. The summed E-state index contributed by atoms with van der Waals surface area (Å²) in [5.74, 6) is -1.41. The van der Waals surface area contributed by atoms with Gasteiger partial charge in [-0.25, -0.2) is 9.78 Å². The van der Waals surface area contributed by atoms with Crippen molar-refractivity contribution in [2.24, 2.45) is 0 Å². The number of aryl methyl sites for hydroxylation is 2. The number of anilines is 1. The van der Waals surface area contributed by atoms with Crippen LogP contribution in [0, 0.1) is 13.8 Å². The van der Waals surface area contributed by atoms with E-state index in [4.69, 9.17) is 14.2 Å². The summed E-state index contributed by atoms with van der Waals surface area (Å²) in [7, 11) is 2.79. The van der Waals surface area contributed by atoms with E-state index < -0.39 is 23.7 Å². The van der Waals surface area contributed by atoms with Crippen molar-refractivity contribution in [3.05, 3.63) is 75.3 Å². The summed E-state index contributed by atoms with van der Waals surface area (Å²) < 4.78 is 15.7. The lowest BCUT2D eigenvalue weighted by Crippen LogP contribution is -2.29. The maximum Gasteiger partial charge on any atom is 0.350 e. The molecular weight excluding hydrogens is 496 g/mol. The molecule has 1 saturated heterocycles. The standard InChI is InChI=1S/C27H26N2O7S/c1-6-36-18-10-7-16(8-11-18)21-20(22(30)17-9-12-19(34-4)14(2)13-17)23(31)25(32)29(21)27-28-15(3)24(37-27)26(33)35-5/h7-13,21,30H,6H2,1-5H3/t21-/m1/s1. The van der Waals surface area contributed by atoms with Gasteiger partial charge in [-0.15, -0.1) is 0 Å². The van der Waals surface area contributed by atoms with Crippen LogP contribution in [-0.4, -0.2) is 48.6 Å². The van der Waals surface area contributed by atoms with Gasteiger partial charge < -0.3 is 19.3 Å². The van der Waals surface area contributed by atoms with E-state index in [1.54, 1.807) is 49.4 Å². The highest BCUT2D eigenvalue weighted by atomic mass is 32.1. The Bertz CT molecular complexity index is 1410. The number of carbonyl (C=O) groups excluding carboxylic acids is 3. The molecule has 37 heavy (non-hydrogen) atoms. The van der Waals surface area contributed by atoms with E-state index in [0.717, 1.165) is 16.9 Å². The first-order valence-corrected chi connectivity index (χ1v) is 12.3. The molecule has 10 heteroatoms. The van der Waals surface area contributed by atoms with E-state index in [9.17, 15) is 19.5 Å². The number of aromatic nitrogens is 1. The Labute approximate surface area is 217 Å². The van der Waals surface area contributed by atoms with Gasteiger partial charge in [-0.1, -0.05) is 23.5 Å². The normalized spacial score (nSPS) is 16.7. The Hall–Kier alpha value is -4.18. The lowest BCUT2D eigenvalue weighted by Gasteiger charge is -2.23. The number of Topliss-reactive ketones (excluding diaryl/α,β-unsaturated/α-hetero) is 1. The van der Waals surface area contributed by atoms with Gasteiger partial charge in [0, 0.05) is 5.56 Å². The predicted octanol–water partition coefficient (Wildman–Crippen LogP) is 4.58. The zero-order valence-corrected chi connectivity index (χ0v) is 21.8. The number of esters is 1. The molecule has 192 valence electrons. The smallest absolute Gasteiger partial charge is 0.350 e. The largest absolute Gasteiger partial charge is 0.507 e. The number of hydrogen-bond acceptors (Lipinski definition) is 9. The van der Waals surface area contributed by atoms with Crippen molar-refractivity contribution in [3.63, 3.8) is 0 Å². The van der Waals surface area contributed by atoms with Crippen molar-refractivity contribution in [2.45, 2.75) is 26.8 Å². The number of methoxy groups -OCH3 is 2. The summed E-state index contributed by atoms with van der Waals surface area (Å²) in [6.07, 6.45) is 0. The highest BCUT2D eigenvalue weighted by Gasteiger charge is 2.48. The number of nitrogens with zero attached hydrogens (tertiary/aromatic N) is 2. The van der Waals surface area contributed by atoms with Gasteiger partial charge in [-0.3, -0.25) is 14.5 Å². The molecule has 0 radical (unpaired) electrons. The second-order valence-corrected chi connectivity index (χ2v) is 9.24. The summed E-state index contributed by atoms with van der Waals surface area (Å²) in [4.78, 5) is 44.8. The summed E-state index contributed by atoms with van der Waals surface area (Å²) in [5, 5.41) is 11.5. The molecule has 1 aromatic heterocycles. The van der Waals surface area contributed by atoms with Crippen LogP contribution < -0.4 is 14.4 Å². The fourth-order valence-electron chi connectivity index (χ4n) is 4.21. The summed E-state index contributed by atoms with van der Waals surface area (Å²) >= 11 is 0.944. The van der Waals surface area contributed by atoms with Gasteiger partial charge >= 0.3 is 11.9 Å². The van der Waals surface area contributed by atoms with Gasteiger partial charge in [0.05, 0.1) is 38.1 Å². The maximum absolute atomic E-state index is 13.4. The number of aliphatic hydroxyl groups is 1. The van der Waals surface area contributed by atoms with Gasteiger partial charge in [0.1, 0.15) is 22.1 Å². The highest BCUT2D eigenvalue weighted by molar-refractivity contribution is 7.17. The van der Waals surface area contributed by atoms with Crippen LogP contribution in [0.15, 0.2) is 48.0 Å². The number of ether oxygens (including phenoxy) is 3. The van der Waals surface area contributed by atoms with E-state index in [-0.39, 0.29) is 21.3 Å². The molecule has 0 unspecified atom stereocenters. The van der Waals surface area contributed by atoms with Crippen LogP contribution in [0.5, 0.6) is 11.5 Å². The zero-order valence-electron chi connectivity index (χ0n) is 21.0. The van der Waals surface area contributed by atoms with Crippen LogP contribution in [0.3, 0.4) is 0 Å². The molecule has 0 saturated carbocycles. The average Bonchev–Trinajstić information content (AvgIpc) is 3.40. The van der Waals surface area contributed by atoms with Crippen LogP contribution in [0.2, 0.25) is 0 Å². The molecule has 4 rings (SSSR count). The molecule has 1 N–H and O–H groups in total. The fraction of sp³-hybridized carbons (Fsp3) is 0.259. The number of aliphatic hydroxyl groups excluding tert-OH is 1. The first-order chi connectivity index (χ1) is 17.7. The Morgan fingerprint density at radius 3 is 2.41 bits per heavy atom. The van der Waals surface area contributed by atoms with Crippen LogP contribution in [-0.2, 0) is 14.3 Å². The molecule has 0 spiro atoms. The molecule has 2 aromatic carbocycles. The van der Waals surface area contributed by atoms with Gasteiger partial charge in [-0.05, 0) is 62.2 Å². The van der Waals surface area contributed by atoms with E-state index in [0.29, 0.717) is 34.9 Å². The van der Waals surface area contributed by atoms with Gasteiger partial charge in [0.15, 0.2) is 5.13 Å². The third-order valence-electron chi connectivity index (χ3n) is 5.98. The highest BCUT2D eigenvalue weighted by Crippen LogP contribution is 2.44. The van der Waals surface area contributed by atoms with Crippen LogP contribution in [0.4, 0.5) is 5.13 Å². The van der Waals surface area contributed by atoms with Crippen LogP contribution in [0.25, 0.3) is 5.76 Å². The van der Waals surface area contributed by atoms with Crippen LogP contribution in [0.1, 0.15) is 45.0 Å². The molecule has 1 aliphatic rings. The number of benzene rings is 2. The quantitative estimate of drug-likeness (QED) is 0.208. The molecule has 1 amide bonds. The third-order valence-corrected chi connectivity index (χ3v) is 7.12. The number of rotatable bonds is 7. The summed E-state index contributed by atoms with van der Waals surface area (Å²) in [6, 6.07) is 10.9. The average molecular weight is 523 g/mol. The number of amides is 1. The zero-order chi connectivity index (χ0) is 26.9. The van der Waals surface area contributed by atoms with E-state index in [1.165, 1.54) is 19.1 Å². The molecule has 2 heterocycles.